The molecule has 0 radical (unpaired) electrons. The van der Waals surface area contributed by atoms with Gasteiger partial charge in [0.2, 0.25) is 11.6 Å². The van der Waals surface area contributed by atoms with Crippen molar-refractivity contribution in [2.75, 3.05) is 0 Å². The highest BCUT2D eigenvalue weighted by molar-refractivity contribution is 5.43. The highest BCUT2D eigenvalue weighted by Crippen LogP contribution is 2.19. The minimum absolute atomic E-state index is 0.224. The highest BCUT2D eigenvalue weighted by atomic mass is 16.5. The molecule has 2 aromatic heterocycles. The fourth-order valence-corrected chi connectivity index (χ4v) is 0.969. The predicted octanol–water partition coefficient (Wildman–Crippen LogP) is 1.09. The van der Waals surface area contributed by atoms with Gasteiger partial charge in [-0.3, -0.25) is 0 Å². The molecule has 0 aliphatic carbocycles. The van der Waals surface area contributed by atoms with Crippen LogP contribution in [0.1, 0.15) is 24.5 Å². The van der Waals surface area contributed by atoms with Crippen molar-refractivity contribution in [2.24, 2.45) is 0 Å². The van der Waals surface area contributed by atoms with Crippen molar-refractivity contribution in [1.82, 2.24) is 15.3 Å². The van der Waals surface area contributed by atoms with Gasteiger partial charge in [-0.25, -0.2) is 0 Å². The van der Waals surface area contributed by atoms with Crippen LogP contribution < -0.4 is 0 Å². The number of hydrogen-bond donors (Lipinski definition) is 1. The standard InChI is InChI=1S/C8H9N3O3/c1-4-3-6(13-10-4)8-9-7(5(2)12)11-14-8/h3,5,12H,1-2H3. The smallest absolute Gasteiger partial charge is 0.296 e. The molecule has 1 unspecified atom stereocenters. The monoisotopic (exact) mass is 195 g/mol. The number of nitrogens with zero attached hydrogens (tertiary/aromatic N) is 3. The van der Waals surface area contributed by atoms with Crippen molar-refractivity contribution in [3.05, 3.63) is 17.6 Å². The predicted molar refractivity (Wildman–Crippen MR) is 45.2 cm³/mol. The van der Waals surface area contributed by atoms with E-state index in [1.165, 1.54) is 0 Å². The Balaban J connectivity index is 2.33. The lowest BCUT2D eigenvalue weighted by molar-refractivity contribution is 0.184. The van der Waals surface area contributed by atoms with Gasteiger partial charge < -0.3 is 14.2 Å². The first-order valence-electron chi connectivity index (χ1n) is 4.12. The van der Waals surface area contributed by atoms with Crippen molar-refractivity contribution in [2.45, 2.75) is 20.0 Å². The summed E-state index contributed by atoms with van der Waals surface area (Å²) in [6.45, 7) is 3.35. The van der Waals surface area contributed by atoms with Gasteiger partial charge in [-0.15, -0.1) is 0 Å². The fraction of sp³-hybridized carbons (Fsp3) is 0.375. The van der Waals surface area contributed by atoms with Crippen LogP contribution >= 0.6 is 0 Å². The number of aliphatic hydroxyl groups excluding tert-OH is 1. The second-order valence-corrected chi connectivity index (χ2v) is 2.97. The zero-order valence-corrected chi connectivity index (χ0v) is 7.76. The van der Waals surface area contributed by atoms with Crippen molar-refractivity contribution in [3.8, 4) is 11.7 Å². The average Bonchev–Trinajstić information content (AvgIpc) is 2.70. The molecule has 0 bridgehead atoms. The van der Waals surface area contributed by atoms with Gasteiger partial charge in [0.1, 0.15) is 6.10 Å². The fourth-order valence-electron chi connectivity index (χ4n) is 0.969. The van der Waals surface area contributed by atoms with Crippen LogP contribution in [0.4, 0.5) is 0 Å². The van der Waals surface area contributed by atoms with Crippen molar-refractivity contribution in [1.29, 1.82) is 0 Å². The van der Waals surface area contributed by atoms with Gasteiger partial charge >= 0.3 is 0 Å². The van der Waals surface area contributed by atoms with Crippen molar-refractivity contribution >= 4 is 0 Å². The first kappa shape index (κ1) is 8.89. The minimum atomic E-state index is -0.753. The maximum Gasteiger partial charge on any atom is 0.296 e. The summed E-state index contributed by atoms with van der Waals surface area (Å²) in [6.07, 6.45) is -0.753. The average molecular weight is 195 g/mol. The van der Waals surface area contributed by atoms with Crippen LogP contribution in [-0.2, 0) is 0 Å². The molecule has 0 amide bonds. The van der Waals surface area contributed by atoms with Crippen molar-refractivity contribution < 1.29 is 14.2 Å². The number of aromatic nitrogens is 3. The van der Waals surface area contributed by atoms with Gasteiger partial charge in [-0.1, -0.05) is 10.3 Å². The summed E-state index contributed by atoms with van der Waals surface area (Å²) in [5.41, 5.74) is 0.733. The van der Waals surface area contributed by atoms with Gasteiger partial charge in [0, 0.05) is 6.07 Å². The maximum absolute atomic E-state index is 9.16. The van der Waals surface area contributed by atoms with E-state index < -0.39 is 6.10 Å². The molecule has 0 saturated heterocycles. The first-order valence-corrected chi connectivity index (χ1v) is 4.12. The minimum Gasteiger partial charge on any atom is -0.385 e. The van der Waals surface area contributed by atoms with Gasteiger partial charge in [0.15, 0.2) is 0 Å². The number of rotatable bonds is 2. The largest absolute Gasteiger partial charge is 0.385 e. The van der Waals surface area contributed by atoms with Crippen LogP contribution in [-0.4, -0.2) is 20.4 Å². The van der Waals surface area contributed by atoms with E-state index in [9.17, 15) is 0 Å². The first-order chi connectivity index (χ1) is 6.66. The molecule has 14 heavy (non-hydrogen) atoms. The molecule has 0 fully saturated rings. The molecular weight excluding hydrogens is 186 g/mol. The molecule has 0 saturated carbocycles. The Morgan fingerprint density at radius 1 is 1.36 bits per heavy atom. The summed E-state index contributed by atoms with van der Waals surface area (Å²) in [5.74, 6) is 0.859. The van der Waals surface area contributed by atoms with Crippen molar-refractivity contribution in [3.63, 3.8) is 0 Å². The molecule has 2 aromatic rings. The Kier molecular flexibility index (Phi) is 2.05. The molecule has 1 atom stereocenters. The lowest BCUT2D eigenvalue weighted by Crippen LogP contribution is -1.92. The molecule has 74 valence electrons. The van der Waals surface area contributed by atoms with Crippen LogP contribution in [0.25, 0.3) is 11.7 Å². The van der Waals surface area contributed by atoms with E-state index in [4.69, 9.17) is 14.2 Å². The summed E-state index contributed by atoms with van der Waals surface area (Å²) < 4.78 is 9.79. The second kappa shape index (κ2) is 3.22. The molecule has 6 heteroatoms. The molecule has 0 spiro atoms. The SMILES string of the molecule is Cc1cc(-c2nc(C(C)O)no2)on1. The molecular formula is C8H9N3O3. The topological polar surface area (TPSA) is 85.2 Å². The van der Waals surface area contributed by atoms with Gasteiger partial charge in [-0.05, 0) is 13.8 Å². The van der Waals surface area contributed by atoms with Crippen LogP contribution in [0.2, 0.25) is 0 Å². The van der Waals surface area contributed by atoms with Crippen LogP contribution in [0.3, 0.4) is 0 Å². The quantitative estimate of drug-likeness (QED) is 0.771. The third kappa shape index (κ3) is 1.51. The van der Waals surface area contributed by atoms with Crippen LogP contribution in [0.15, 0.2) is 15.1 Å². The Labute approximate surface area is 79.5 Å². The third-order valence-electron chi connectivity index (χ3n) is 1.65. The zero-order chi connectivity index (χ0) is 10.1. The molecule has 2 rings (SSSR count). The molecule has 0 aliphatic heterocycles. The van der Waals surface area contributed by atoms with E-state index in [0.29, 0.717) is 5.76 Å². The molecule has 2 heterocycles. The Hall–Kier alpha value is -1.69. The summed E-state index contributed by atoms with van der Waals surface area (Å²) in [5, 5.41) is 16.4. The maximum atomic E-state index is 9.16. The summed E-state index contributed by atoms with van der Waals surface area (Å²) >= 11 is 0. The highest BCUT2D eigenvalue weighted by Gasteiger charge is 2.15. The molecule has 6 nitrogen and oxygen atoms in total. The number of hydrogen-bond acceptors (Lipinski definition) is 6. The van der Waals surface area contributed by atoms with Gasteiger partial charge in [0.05, 0.1) is 5.69 Å². The number of aliphatic hydroxyl groups is 1. The van der Waals surface area contributed by atoms with E-state index in [1.54, 1.807) is 19.9 Å². The molecule has 1 N–H and O–H groups in total. The summed E-state index contributed by atoms with van der Waals surface area (Å²) in [6, 6.07) is 1.68. The van der Waals surface area contributed by atoms with E-state index in [2.05, 4.69) is 15.3 Å². The van der Waals surface area contributed by atoms with Crippen LogP contribution in [0.5, 0.6) is 0 Å². The van der Waals surface area contributed by atoms with Gasteiger partial charge in [0.25, 0.3) is 5.89 Å². The van der Waals surface area contributed by atoms with E-state index in [1.807, 2.05) is 0 Å². The van der Waals surface area contributed by atoms with E-state index in [-0.39, 0.29) is 11.7 Å². The lowest BCUT2D eigenvalue weighted by Gasteiger charge is -1.91. The lowest BCUT2D eigenvalue weighted by atomic mass is 10.4. The second-order valence-electron chi connectivity index (χ2n) is 2.97. The Bertz CT molecular complexity index is 432. The van der Waals surface area contributed by atoms with E-state index >= 15 is 0 Å². The van der Waals surface area contributed by atoms with E-state index in [0.717, 1.165) is 5.69 Å². The van der Waals surface area contributed by atoms with Crippen LogP contribution in [0, 0.1) is 6.92 Å². The van der Waals surface area contributed by atoms with Gasteiger partial charge in [-0.2, -0.15) is 4.98 Å². The molecule has 0 aromatic carbocycles. The third-order valence-corrected chi connectivity index (χ3v) is 1.65. The normalized spacial score (nSPS) is 13.1. The summed E-state index contributed by atoms with van der Waals surface area (Å²) in [4.78, 5) is 3.93. The number of aryl methyl sites for hydroxylation is 1. The zero-order valence-electron chi connectivity index (χ0n) is 7.76. The Morgan fingerprint density at radius 2 is 2.14 bits per heavy atom. The summed E-state index contributed by atoms with van der Waals surface area (Å²) in [7, 11) is 0. The Morgan fingerprint density at radius 3 is 2.64 bits per heavy atom. The molecule has 0 aliphatic rings.